The van der Waals surface area contributed by atoms with Gasteiger partial charge in [0.25, 0.3) is 0 Å². The Morgan fingerprint density at radius 2 is 2.09 bits per heavy atom. The number of carbonyl (C=O) groups is 1. The first-order valence-corrected chi connectivity index (χ1v) is 8.19. The van der Waals surface area contributed by atoms with Crippen LogP contribution in [0.25, 0.3) is 0 Å². The van der Waals surface area contributed by atoms with E-state index in [1.165, 1.54) is 12.8 Å². The Morgan fingerprint density at radius 3 is 2.86 bits per heavy atom. The summed E-state index contributed by atoms with van der Waals surface area (Å²) in [6, 6.07) is 6.01. The molecule has 0 fully saturated rings. The van der Waals surface area contributed by atoms with E-state index in [1.807, 2.05) is 12.1 Å². The lowest BCUT2D eigenvalue weighted by atomic mass is 9.72. The zero-order valence-corrected chi connectivity index (χ0v) is 12.5. The predicted molar refractivity (Wildman–Crippen MR) is 87.3 cm³/mol. The van der Waals surface area contributed by atoms with Crippen molar-refractivity contribution in [1.82, 2.24) is 0 Å². The summed E-state index contributed by atoms with van der Waals surface area (Å²) in [6.07, 6.45) is 13.8. The Hall–Kier alpha value is -2.03. The number of carboxylic acids is 1. The molecule has 0 radical (unpaired) electrons. The Kier molecular flexibility index (Phi) is 3.29. The fraction of sp³-hybridized carbons (Fsp3) is 0.421. The van der Waals surface area contributed by atoms with Crippen molar-refractivity contribution in [3.05, 3.63) is 53.6 Å². The van der Waals surface area contributed by atoms with Gasteiger partial charge in [-0.2, -0.15) is 0 Å². The minimum Gasteiger partial charge on any atom is -0.478 e. The van der Waals surface area contributed by atoms with E-state index in [2.05, 4.69) is 29.6 Å². The van der Waals surface area contributed by atoms with E-state index < -0.39 is 5.97 Å². The Bertz CT molecular complexity index is 661. The lowest BCUT2D eigenvalue weighted by Gasteiger charge is -2.42. The molecule has 1 aliphatic heterocycles. The van der Waals surface area contributed by atoms with Crippen LogP contribution in [0.2, 0.25) is 0 Å². The number of carboxylic acid groups (broad SMARTS) is 1. The number of hydrogen-bond acceptors (Lipinski definition) is 2. The van der Waals surface area contributed by atoms with Crippen molar-refractivity contribution in [2.24, 2.45) is 11.8 Å². The van der Waals surface area contributed by atoms with Gasteiger partial charge in [0.15, 0.2) is 0 Å². The van der Waals surface area contributed by atoms with Crippen LogP contribution in [0.5, 0.6) is 0 Å². The Balaban J connectivity index is 1.70. The van der Waals surface area contributed by atoms with Crippen molar-refractivity contribution < 1.29 is 9.90 Å². The molecule has 2 N–H and O–H groups in total. The largest absolute Gasteiger partial charge is 0.478 e. The lowest BCUT2D eigenvalue weighted by Crippen LogP contribution is -2.41. The summed E-state index contributed by atoms with van der Waals surface area (Å²) >= 11 is 0. The molecule has 0 saturated carbocycles. The second kappa shape index (κ2) is 5.31. The average molecular weight is 295 g/mol. The molecule has 3 aliphatic rings. The molecule has 2 aliphatic carbocycles. The third-order valence-corrected chi connectivity index (χ3v) is 5.47. The Morgan fingerprint density at radius 1 is 1.18 bits per heavy atom. The van der Waals surface area contributed by atoms with Gasteiger partial charge >= 0.3 is 5.97 Å². The number of rotatable bonds is 2. The quantitative estimate of drug-likeness (QED) is 0.804. The highest BCUT2D eigenvalue weighted by molar-refractivity contribution is 5.88. The van der Waals surface area contributed by atoms with Gasteiger partial charge in [-0.15, -0.1) is 0 Å². The van der Waals surface area contributed by atoms with Crippen molar-refractivity contribution in [3.63, 3.8) is 0 Å². The third kappa shape index (κ3) is 2.16. The molecule has 3 heteroatoms. The summed E-state index contributed by atoms with van der Waals surface area (Å²) in [5.41, 5.74) is 2.66. The third-order valence-electron chi connectivity index (χ3n) is 5.47. The molecule has 3 nitrogen and oxygen atoms in total. The second-order valence-electron chi connectivity index (χ2n) is 6.68. The standard InChI is InChI=1S/C19H21NO2/c21-19(22)13-9-10-17-16(11-13)14-7-4-8-15(14)18(20-17)12-5-2-1-3-6-12/h1-2,4,7,9-12,14-15,18,20H,3,5-6,8H2,(H,21,22)/t12-,14-,15-,18-/m0/s1. The normalized spacial score (nSPS) is 32.2. The van der Waals surface area contributed by atoms with Gasteiger partial charge in [-0.3, -0.25) is 0 Å². The number of hydrogen-bond donors (Lipinski definition) is 2. The maximum absolute atomic E-state index is 11.2. The van der Waals surface area contributed by atoms with E-state index in [-0.39, 0.29) is 0 Å². The molecule has 0 unspecified atom stereocenters. The maximum atomic E-state index is 11.2. The van der Waals surface area contributed by atoms with Crippen LogP contribution in [-0.4, -0.2) is 17.1 Å². The summed E-state index contributed by atoms with van der Waals surface area (Å²) in [4.78, 5) is 11.2. The van der Waals surface area contributed by atoms with E-state index in [0.717, 1.165) is 24.1 Å². The van der Waals surface area contributed by atoms with Crippen molar-refractivity contribution in [2.75, 3.05) is 5.32 Å². The van der Waals surface area contributed by atoms with Crippen LogP contribution in [0.1, 0.15) is 47.5 Å². The molecule has 1 aromatic carbocycles. The number of anilines is 1. The second-order valence-corrected chi connectivity index (χ2v) is 6.68. The predicted octanol–water partition coefficient (Wildman–Crippen LogP) is 4.19. The SMILES string of the molecule is O=C(O)c1ccc2c(c1)[C@H]1C=CC[C@@H]1[C@H]([C@H]1CC=CCC1)N2. The maximum Gasteiger partial charge on any atom is 0.335 e. The van der Waals surface area contributed by atoms with Crippen molar-refractivity contribution in [3.8, 4) is 0 Å². The fourth-order valence-corrected chi connectivity index (χ4v) is 4.38. The zero-order valence-electron chi connectivity index (χ0n) is 12.5. The zero-order chi connectivity index (χ0) is 15.1. The molecule has 0 saturated heterocycles. The van der Waals surface area contributed by atoms with Crippen LogP contribution in [0.15, 0.2) is 42.5 Å². The van der Waals surface area contributed by atoms with Crippen LogP contribution in [0.4, 0.5) is 5.69 Å². The molecular formula is C19H21NO2. The first-order chi connectivity index (χ1) is 10.7. The molecule has 114 valence electrons. The van der Waals surface area contributed by atoms with E-state index in [1.54, 1.807) is 6.07 Å². The van der Waals surface area contributed by atoms with Crippen LogP contribution in [0.3, 0.4) is 0 Å². The van der Waals surface area contributed by atoms with Gasteiger partial charge in [-0.05, 0) is 61.3 Å². The molecule has 0 bridgehead atoms. The van der Waals surface area contributed by atoms with Gasteiger partial charge in [-0.25, -0.2) is 4.79 Å². The van der Waals surface area contributed by atoms with Crippen LogP contribution < -0.4 is 5.32 Å². The topological polar surface area (TPSA) is 49.3 Å². The van der Waals surface area contributed by atoms with Crippen LogP contribution in [-0.2, 0) is 0 Å². The molecule has 0 spiro atoms. The first kappa shape index (κ1) is 13.6. The summed E-state index contributed by atoms with van der Waals surface area (Å²) < 4.78 is 0. The summed E-state index contributed by atoms with van der Waals surface area (Å²) in [6.45, 7) is 0. The first-order valence-electron chi connectivity index (χ1n) is 8.19. The van der Waals surface area contributed by atoms with Gasteiger partial charge in [0.05, 0.1) is 5.56 Å². The van der Waals surface area contributed by atoms with E-state index in [0.29, 0.717) is 29.4 Å². The minimum absolute atomic E-state index is 0.367. The summed E-state index contributed by atoms with van der Waals surface area (Å²) in [5.74, 6) is 0.769. The minimum atomic E-state index is -0.846. The fourth-order valence-electron chi connectivity index (χ4n) is 4.38. The van der Waals surface area contributed by atoms with E-state index in [9.17, 15) is 9.90 Å². The number of aromatic carboxylic acids is 1. The van der Waals surface area contributed by atoms with Crippen molar-refractivity contribution in [2.45, 2.75) is 37.6 Å². The van der Waals surface area contributed by atoms with Gasteiger partial charge in [0.1, 0.15) is 0 Å². The molecule has 0 aromatic heterocycles. The van der Waals surface area contributed by atoms with Crippen molar-refractivity contribution in [1.29, 1.82) is 0 Å². The molecule has 4 rings (SSSR count). The average Bonchev–Trinajstić information content (AvgIpc) is 3.04. The molecule has 4 atom stereocenters. The lowest BCUT2D eigenvalue weighted by molar-refractivity contribution is 0.0696. The number of benzene rings is 1. The number of nitrogens with one attached hydrogen (secondary N) is 1. The van der Waals surface area contributed by atoms with E-state index in [4.69, 9.17) is 0 Å². The highest BCUT2D eigenvalue weighted by Crippen LogP contribution is 2.47. The van der Waals surface area contributed by atoms with Gasteiger partial charge < -0.3 is 10.4 Å². The summed E-state index contributed by atoms with van der Waals surface area (Å²) in [5, 5.41) is 13.0. The smallest absolute Gasteiger partial charge is 0.335 e. The highest BCUT2D eigenvalue weighted by Gasteiger charge is 2.40. The molecule has 0 amide bonds. The van der Waals surface area contributed by atoms with Crippen molar-refractivity contribution >= 4 is 11.7 Å². The number of allylic oxidation sites excluding steroid dienone is 4. The molecular weight excluding hydrogens is 274 g/mol. The molecule has 1 aromatic rings. The molecule has 1 heterocycles. The van der Waals surface area contributed by atoms with Gasteiger partial charge in [0, 0.05) is 17.6 Å². The van der Waals surface area contributed by atoms with Gasteiger partial charge in [0.2, 0.25) is 0 Å². The number of fused-ring (bicyclic) bond motifs is 3. The monoisotopic (exact) mass is 295 g/mol. The Labute approximate surface area is 130 Å². The van der Waals surface area contributed by atoms with Gasteiger partial charge in [-0.1, -0.05) is 24.3 Å². The van der Waals surface area contributed by atoms with E-state index >= 15 is 0 Å². The van der Waals surface area contributed by atoms with Crippen LogP contribution >= 0.6 is 0 Å². The van der Waals surface area contributed by atoms with Crippen LogP contribution in [0, 0.1) is 11.8 Å². The highest BCUT2D eigenvalue weighted by atomic mass is 16.4. The molecule has 22 heavy (non-hydrogen) atoms. The summed E-state index contributed by atoms with van der Waals surface area (Å²) in [7, 11) is 0.